The molecule has 0 spiro atoms. The average molecular weight is 369 g/mol. The van der Waals surface area contributed by atoms with Crippen LogP contribution < -0.4 is 10.6 Å². The number of nitrogens with one attached hydrogen (secondary N) is 2. The smallest absolute Gasteiger partial charge is 0.163 e. The molecule has 0 amide bonds. The molecule has 0 fully saturated rings. The zero-order chi connectivity index (χ0) is 15.8. The van der Waals surface area contributed by atoms with Gasteiger partial charge in [-0.05, 0) is 42.7 Å². The van der Waals surface area contributed by atoms with E-state index < -0.39 is 0 Å². The van der Waals surface area contributed by atoms with Gasteiger partial charge in [0.05, 0.1) is 17.4 Å². The predicted molar refractivity (Wildman–Crippen MR) is 96.5 cm³/mol. The molecule has 2 N–H and O–H groups in total. The van der Waals surface area contributed by atoms with Gasteiger partial charge in [0.25, 0.3) is 0 Å². The highest BCUT2D eigenvalue weighted by Crippen LogP contribution is 2.40. The predicted octanol–water partition coefficient (Wildman–Crippen LogP) is 5.03. The third-order valence-electron chi connectivity index (χ3n) is 4.44. The summed E-state index contributed by atoms with van der Waals surface area (Å²) in [7, 11) is 0. The number of hydrogen-bond acceptors (Lipinski definition) is 3. The summed E-state index contributed by atoms with van der Waals surface area (Å²) in [6, 6.07) is 16.2. The van der Waals surface area contributed by atoms with Crippen molar-refractivity contribution in [2.75, 3.05) is 10.6 Å². The van der Waals surface area contributed by atoms with Crippen molar-refractivity contribution in [1.82, 2.24) is 0 Å². The Morgan fingerprint density at radius 1 is 1.00 bits per heavy atom. The fourth-order valence-electron chi connectivity index (χ4n) is 3.37. The molecule has 0 saturated carbocycles. The zero-order valence-electron chi connectivity index (χ0n) is 12.6. The lowest BCUT2D eigenvalue weighted by atomic mass is 9.87. The van der Waals surface area contributed by atoms with E-state index in [1.54, 1.807) is 0 Å². The van der Waals surface area contributed by atoms with Crippen LogP contribution in [0.2, 0.25) is 0 Å². The van der Waals surface area contributed by atoms with E-state index in [1.807, 2.05) is 24.3 Å². The van der Waals surface area contributed by atoms with Gasteiger partial charge in [-0.3, -0.25) is 4.79 Å². The van der Waals surface area contributed by atoms with E-state index in [9.17, 15) is 4.79 Å². The Balaban J connectivity index is 1.88. The Bertz CT molecular complexity index is 813. The summed E-state index contributed by atoms with van der Waals surface area (Å²) in [5, 5.41) is 7.06. The van der Waals surface area contributed by atoms with Crippen LogP contribution in [0.3, 0.4) is 0 Å². The fraction of sp³-hybridized carbons (Fsp3) is 0.211. The normalized spacial score (nSPS) is 20.0. The molecule has 4 heteroatoms. The molecule has 2 aliphatic rings. The lowest BCUT2D eigenvalue weighted by Crippen LogP contribution is -2.23. The third kappa shape index (κ3) is 2.68. The van der Waals surface area contributed by atoms with Gasteiger partial charge in [-0.15, -0.1) is 0 Å². The Morgan fingerprint density at radius 3 is 2.65 bits per heavy atom. The van der Waals surface area contributed by atoms with Crippen LogP contribution in [0, 0.1) is 0 Å². The van der Waals surface area contributed by atoms with Crippen LogP contribution in [0.15, 0.2) is 64.3 Å². The summed E-state index contributed by atoms with van der Waals surface area (Å²) in [6.45, 7) is 0. The molecule has 0 aromatic heterocycles. The standard InChI is InChI=1S/C19H17BrN2O/c20-13-6-3-5-12(11-13)19-18-16(9-4-10-17(18)23)21-14-7-1-2-8-15(14)22-19/h1-3,5-8,11,19,21-22H,4,9-10H2/t19-/m1/s1. The molecule has 0 unspecified atom stereocenters. The van der Waals surface area contributed by atoms with E-state index in [2.05, 4.69) is 50.8 Å². The number of benzene rings is 2. The minimum absolute atomic E-state index is 0.119. The van der Waals surface area contributed by atoms with E-state index in [0.717, 1.165) is 45.5 Å². The first-order chi connectivity index (χ1) is 11.2. The molecule has 116 valence electrons. The molecule has 2 aromatic rings. The number of fused-ring (bicyclic) bond motifs is 1. The molecule has 1 aliphatic carbocycles. The summed E-state index contributed by atoms with van der Waals surface area (Å²) in [5.41, 5.74) is 5.10. The maximum absolute atomic E-state index is 12.7. The number of carbonyl (C=O) groups is 1. The van der Waals surface area contributed by atoms with Gasteiger partial charge < -0.3 is 10.6 Å². The van der Waals surface area contributed by atoms with Gasteiger partial charge >= 0.3 is 0 Å². The van der Waals surface area contributed by atoms with E-state index in [0.29, 0.717) is 6.42 Å². The van der Waals surface area contributed by atoms with Gasteiger partial charge in [0.15, 0.2) is 5.78 Å². The van der Waals surface area contributed by atoms with Crippen molar-refractivity contribution in [1.29, 1.82) is 0 Å². The van der Waals surface area contributed by atoms with Crippen LogP contribution in [0.25, 0.3) is 0 Å². The minimum atomic E-state index is -0.119. The zero-order valence-corrected chi connectivity index (χ0v) is 14.2. The topological polar surface area (TPSA) is 41.1 Å². The Kier molecular flexibility index (Phi) is 3.69. The lowest BCUT2D eigenvalue weighted by molar-refractivity contribution is -0.116. The van der Waals surface area contributed by atoms with Crippen LogP contribution in [0.1, 0.15) is 30.9 Å². The quantitative estimate of drug-likeness (QED) is 0.740. The molecular weight excluding hydrogens is 352 g/mol. The van der Waals surface area contributed by atoms with Crippen LogP contribution in [-0.2, 0) is 4.79 Å². The molecule has 2 aromatic carbocycles. The van der Waals surface area contributed by atoms with Crippen molar-refractivity contribution in [3.63, 3.8) is 0 Å². The third-order valence-corrected chi connectivity index (χ3v) is 4.93. The second kappa shape index (κ2) is 5.85. The molecule has 4 rings (SSSR count). The molecule has 3 nitrogen and oxygen atoms in total. The monoisotopic (exact) mass is 368 g/mol. The van der Waals surface area contributed by atoms with Crippen molar-refractivity contribution >= 4 is 33.1 Å². The lowest BCUT2D eigenvalue weighted by Gasteiger charge is -2.25. The molecule has 1 heterocycles. The van der Waals surface area contributed by atoms with E-state index in [1.165, 1.54) is 0 Å². The number of ketones is 1. The fourth-order valence-corrected chi connectivity index (χ4v) is 3.79. The SMILES string of the molecule is O=C1CCCC2=C1[C@@H](c1cccc(Br)c1)Nc1ccccc1N2. The molecular formula is C19H17BrN2O. The average Bonchev–Trinajstić information content (AvgIpc) is 2.72. The number of halogens is 1. The highest BCUT2D eigenvalue weighted by Gasteiger charge is 2.31. The number of Topliss-reactive ketones (excluding diaryl/α,β-unsaturated/α-hetero) is 1. The van der Waals surface area contributed by atoms with Crippen LogP contribution in [0.4, 0.5) is 11.4 Å². The number of hydrogen-bond donors (Lipinski definition) is 2. The number of anilines is 2. The summed E-state index contributed by atoms with van der Waals surface area (Å²) >= 11 is 3.54. The summed E-state index contributed by atoms with van der Waals surface area (Å²) in [4.78, 5) is 12.7. The molecule has 0 bridgehead atoms. The summed E-state index contributed by atoms with van der Waals surface area (Å²) < 4.78 is 1.02. The van der Waals surface area contributed by atoms with Gasteiger partial charge in [0, 0.05) is 22.2 Å². The molecule has 1 aliphatic heterocycles. The number of para-hydroxylation sites is 2. The van der Waals surface area contributed by atoms with Crippen molar-refractivity contribution < 1.29 is 4.79 Å². The first-order valence-corrected chi connectivity index (χ1v) is 8.66. The Hall–Kier alpha value is -2.07. The Morgan fingerprint density at radius 2 is 1.83 bits per heavy atom. The molecule has 23 heavy (non-hydrogen) atoms. The second-order valence-corrected chi connectivity index (χ2v) is 6.89. The number of rotatable bonds is 1. The van der Waals surface area contributed by atoms with Crippen LogP contribution in [-0.4, -0.2) is 5.78 Å². The van der Waals surface area contributed by atoms with Crippen molar-refractivity contribution in [3.8, 4) is 0 Å². The first kappa shape index (κ1) is 14.5. The molecule has 0 saturated heterocycles. The first-order valence-electron chi connectivity index (χ1n) is 7.86. The van der Waals surface area contributed by atoms with Crippen molar-refractivity contribution in [2.45, 2.75) is 25.3 Å². The number of allylic oxidation sites excluding steroid dienone is 1. The summed E-state index contributed by atoms with van der Waals surface area (Å²) in [5.74, 6) is 0.240. The van der Waals surface area contributed by atoms with Gasteiger partial charge in [0.2, 0.25) is 0 Å². The van der Waals surface area contributed by atoms with E-state index in [4.69, 9.17) is 0 Å². The molecule has 0 radical (unpaired) electrons. The maximum atomic E-state index is 12.7. The highest BCUT2D eigenvalue weighted by atomic mass is 79.9. The van der Waals surface area contributed by atoms with Crippen LogP contribution in [0.5, 0.6) is 0 Å². The van der Waals surface area contributed by atoms with Gasteiger partial charge in [-0.1, -0.05) is 40.2 Å². The van der Waals surface area contributed by atoms with Gasteiger partial charge in [-0.2, -0.15) is 0 Å². The van der Waals surface area contributed by atoms with Gasteiger partial charge in [-0.25, -0.2) is 0 Å². The second-order valence-electron chi connectivity index (χ2n) is 5.97. The number of carbonyl (C=O) groups excluding carboxylic acids is 1. The Labute approximate surface area is 143 Å². The minimum Gasteiger partial charge on any atom is -0.372 e. The van der Waals surface area contributed by atoms with Crippen LogP contribution >= 0.6 is 15.9 Å². The van der Waals surface area contributed by atoms with Gasteiger partial charge in [0.1, 0.15) is 0 Å². The van der Waals surface area contributed by atoms with E-state index >= 15 is 0 Å². The van der Waals surface area contributed by atoms with E-state index in [-0.39, 0.29) is 11.8 Å². The van der Waals surface area contributed by atoms with Crippen molar-refractivity contribution in [3.05, 3.63) is 69.8 Å². The highest BCUT2D eigenvalue weighted by molar-refractivity contribution is 9.10. The largest absolute Gasteiger partial charge is 0.372 e. The molecule has 1 atom stereocenters. The van der Waals surface area contributed by atoms with Crippen molar-refractivity contribution in [2.24, 2.45) is 0 Å². The maximum Gasteiger partial charge on any atom is 0.163 e. The summed E-state index contributed by atoms with van der Waals surface area (Å²) in [6.07, 6.45) is 2.46.